The average molecular weight is 282 g/mol. The molecule has 0 radical (unpaired) electrons. The Kier molecular flexibility index (Phi) is 2.72. The molecule has 0 saturated heterocycles. The smallest absolute Gasteiger partial charge is 0.194 e. The Balaban J connectivity index is 2.07. The molecule has 7 heteroatoms. The van der Waals surface area contributed by atoms with Crippen LogP contribution in [-0.2, 0) is 13.6 Å². The molecule has 0 atom stereocenters. The number of fused-ring (bicyclic) bond motifs is 1. The van der Waals surface area contributed by atoms with Gasteiger partial charge in [-0.15, -0.1) is 10.2 Å². The average Bonchev–Trinajstić information content (AvgIpc) is 2.87. The van der Waals surface area contributed by atoms with Crippen molar-refractivity contribution in [3.8, 4) is 0 Å². The molecule has 18 heavy (non-hydrogen) atoms. The molecular weight excluding hydrogens is 273 g/mol. The first-order valence-electron chi connectivity index (χ1n) is 5.30. The molecule has 2 aromatic heterocycles. The minimum atomic E-state index is 0.536. The van der Waals surface area contributed by atoms with E-state index in [-0.39, 0.29) is 0 Å². The van der Waals surface area contributed by atoms with Gasteiger partial charge in [-0.2, -0.15) is 4.80 Å². The fourth-order valence-corrected chi connectivity index (χ4v) is 2.44. The number of aryl methyl sites for hydroxylation is 1. The maximum absolute atomic E-state index is 6.14. The van der Waals surface area contributed by atoms with E-state index in [2.05, 4.69) is 15.4 Å². The van der Waals surface area contributed by atoms with Crippen molar-refractivity contribution in [3.63, 3.8) is 0 Å². The van der Waals surface area contributed by atoms with Gasteiger partial charge in [0, 0.05) is 16.6 Å². The van der Waals surface area contributed by atoms with E-state index < -0.39 is 0 Å². The summed E-state index contributed by atoms with van der Waals surface area (Å²) in [6, 6.07) is 5.56. The standard InChI is InChI=1S/C11H9Cl2N5/c1-17-15-11(14-16-17)6-18-3-2-8-9(13)4-7(12)5-10(8)18/h2-5H,6H2,1H3. The van der Waals surface area contributed by atoms with Gasteiger partial charge >= 0.3 is 0 Å². The molecule has 92 valence electrons. The van der Waals surface area contributed by atoms with Gasteiger partial charge in [-0.05, 0) is 23.4 Å². The number of tetrazole rings is 1. The van der Waals surface area contributed by atoms with Crippen LogP contribution in [0.4, 0.5) is 0 Å². The highest BCUT2D eigenvalue weighted by atomic mass is 35.5. The lowest BCUT2D eigenvalue weighted by atomic mass is 10.2. The molecule has 0 aliphatic rings. The second-order valence-electron chi connectivity index (χ2n) is 3.96. The van der Waals surface area contributed by atoms with Crippen LogP contribution in [0.2, 0.25) is 10.0 Å². The summed E-state index contributed by atoms with van der Waals surface area (Å²) in [6.07, 6.45) is 1.93. The zero-order chi connectivity index (χ0) is 12.7. The summed E-state index contributed by atoms with van der Waals surface area (Å²) in [7, 11) is 1.73. The van der Waals surface area contributed by atoms with Crippen LogP contribution >= 0.6 is 23.2 Å². The summed E-state index contributed by atoms with van der Waals surface area (Å²) >= 11 is 12.2. The van der Waals surface area contributed by atoms with Crippen LogP contribution in [0.3, 0.4) is 0 Å². The van der Waals surface area contributed by atoms with Gasteiger partial charge in [0.05, 0.1) is 24.1 Å². The van der Waals surface area contributed by atoms with Gasteiger partial charge in [0.25, 0.3) is 0 Å². The molecule has 3 rings (SSSR count). The maximum Gasteiger partial charge on any atom is 0.194 e. The maximum atomic E-state index is 6.14. The van der Waals surface area contributed by atoms with Crippen LogP contribution in [0.5, 0.6) is 0 Å². The predicted molar refractivity (Wildman–Crippen MR) is 69.9 cm³/mol. The highest BCUT2D eigenvalue weighted by molar-refractivity contribution is 6.38. The van der Waals surface area contributed by atoms with Crippen molar-refractivity contribution in [1.82, 2.24) is 24.8 Å². The Morgan fingerprint density at radius 2 is 2.11 bits per heavy atom. The van der Waals surface area contributed by atoms with Crippen LogP contribution in [0, 0.1) is 0 Å². The van der Waals surface area contributed by atoms with Crippen molar-refractivity contribution in [2.75, 3.05) is 0 Å². The van der Waals surface area contributed by atoms with Crippen molar-refractivity contribution in [2.24, 2.45) is 7.05 Å². The van der Waals surface area contributed by atoms with Gasteiger partial charge < -0.3 is 4.57 Å². The Hall–Kier alpha value is -1.59. The van der Waals surface area contributed by atoms with Crippen LogP contribution in [0.1, 0.15) is 5.82 Å². The van der Waals surface area contributed by atoms with E-state index in [1.807, 2.05) is 22.9 Å². The Labute approximate surface area is 113 Å². The second-order valence-corrected chi connectivity index (χ2v) is 4.80. The van der Waals surface area contributed by atoms with Crippen molar-refractivity contribution in [1.29, 1.82) is 0 Å². The molecule has 0 amide bonds. The largest absolute Gasteiger partial charge is 0.340 e. The van der Waals surface area contributed by atoms with Crippen LogP contribution < -0.4 is 0 Å². The lowest BCUT2D eigenvalue weighted by Gasteiger charge is -2.03. The molecule has 0 fully saturated rings. The van der Waals surface area contributed by atoms with Gasteiger partial charge in [-0.1, -0.05) is 23.2 Å². The van der Waals surface area contributed by atoms with E-state index in [1.165, 1.54) is 4.80 Å². The summed E-state index contributed by atoms with van der Waals surface area (Å²) < 4.78 is 1.99. The first-order valence-corrected chi connectivity index (χ1v) is 6.06. The third-order valence-electron chi connectivity index (χ3n) is 2.66. The second kappa shape index (κ2) is 4.26. The lowest BCUT2D eigenvalue weighted by molar-refractivity contribution is 0.626. The summed E-state index contributed by atoms with van der Waals surface area (Å²) in [4.78, 5) is 1.43. The highest BCUT2D eigenvalue weighted by Gasteiger charge is 2.08. The Morgan fingerprint density at radius 1 is 1.28 bits per heavy atom. The van der Waals surface area contributed by atoms with Crippen molar-refractivity contribution in [2.45, 2.75) is 6.54 Å². The molecule has 0 N–H and O–H groups in total. The van der Waals surface area contributed by atoms with Gasteiger partial charge in [-0.25, -0.2) is 0 Å². The third-order valence-corrected chi connectivity index (χ3v) is 3.20. The molecule has 0 unspecified atom stereocenters. The lowest BCUT2D eigenvalue weighted by Crippen LogP contribution is -2.01. The number of hydrogen-bond donors (Lipinski definition) is 0. The predicted octanol–water partition coefficient (Wildman–Crippen LogP) is 2.52. The molecular formula is C11H9Cl2N5. The first-order chi connectivity index (χ1) is 8.63. The summed E-state index contributed by atoms with van der Waals surface area (Å²) in [6.45, 7) is 0.536. The number of rotatable bonds is 2. The summed E-state index contributed by atoms with van der Waals surface area (Å²) in [5.41, 5.74) is 0.958. The van der Waals surface area contributed by atoms with Crippen LogP contribution in [-0.4, -0.2) is 24.8 Å². The number of nitrogens with zero attached hydrogens (tertiary/aromatic N) is 5. The molecule has 0 bridgehead atoms. The monoisotopic (exact) mass is 281 g/mol. The van der Waals surface area contributed by atoms with E-state index in [1.54, 1.807) is 13.1 Å². The molecule has 0 aliphatic heterocycles. The van der Waals surface area contributed by atoms with Crippen molar-refractivity contribution < 1.29 is 0 Å². The van der Waals surface area contributed by atoms with E-state index in [0.717, 1.165) is 10.9 Å². The number of halogens is 2. The number of aromatic nitrogens is 5. The third kappa shape index (κ3) is 1.95. The minimum absolute atomic E-state index is 0.536. The molecule has 0 spiro atoms. The van der Waals surface area contributed by atoms with E-state index in [0.29, 0.717) is 22.4 Å². The Morgan fingerprint density at radius 3 is 2.83 bits per heavy atom. The number of hydrogen-bond acceptors (Lipinski definition) is 3. The molecule has 3 aromatic rings. The molecule has 0 aliphatic carbocycles. The van der Waals surface area contributed by atoms with Crippen LogP contribution in [0.25, 0.3) is 10.9 Å². The molecule has 2 heterocycles. The molecule has 0 saturated carbocycles. The highest BCUT2D eigenvalue weighted by Crippen LogP contribution is 2.28. The van der Waals surface area contributed by atoms with Crippen molar-refractivity contribution >= 4 is 34.1 Å². The van der Waals surface area contributed by atoms with Gasteiger partial charge in [0.2, 0.25) is 0 Å². The van der Waals surface area contributed by atoms with E-state index >= 15 is 0 Å². The summed E-state index contributed by atoms with van der Waals surface area (Å²) in [5, 5.41) is 14.1. The van der Waals surface area contributed by atoms with E-state index in [9.17, 15) is 0 Å². The first kappa shape index (κ1) is 11.5. The molecule has 5 nitrogen and oxygen atoms in total. The van der Waals surface area contributed by atoms with E-state index in [4.69, 9.17) is 23.2 Å². The quantitative estimate of drug-likeness (QED) is 0.725. The topological polar surface area (TPSA) is 48.5 Å². The van der Waals surface area contributed by atoms with Gasteiger partial charge in [-0.3, -0.25) is 0 Å². The SMILES string of the molecule is Cn1nnc(Cn2ccc3c(Cl)cc(Cl)cc32)n1. The normalized spacial score (nSPS) is 11.3. The fourth-order valence-electron chi connectivity index (χ4n) is 1.90. The molecule has 1 aromatic carbocycles. The van der Waals surface area contributed by atoms with Crippen LogP contribution in [0.15, 0.2) is 24.4 Å². The van der Waals surface area contributed by atoms with Gasteiger partial charge in [0.15, 0.2) is 5.82 Å². The Bertz CT molecular complexity index is 715. The summed E-state index contributed by atoms with van der Waals surface area (Å²) in [5.74, 6) is 0.645. The fraction of sp³-hybridized carbons (Fsp3) is 0.182. The zero-order valence-corrected chi connectivity index (χ0v) is 11.0. The minimum Gasteiger partial charge on any atom is -0.340 e. The van der Waals surface area contributed by atoms with Crippen molar-refractivity contribution in [3.05, 3.63) is 40.3 Å². The number of benzene rings is 1. The zero-order valence-electron chi connectivity index (χ0n) is 9.51. The van der Waals surface area contributed by atoms with Gasteiger partial charge in [0.1, 0.15) is 0 Å².